The van der Waals surface area contributed by atoms with E-state index in [4.69, 9.17) is 25.2 Å². The van der Waals surface area contributed by atoms with Gasteiger partial charge in [0.15, 0.2) is 0 Å². The molecule has 0 saturated carbocycles. The predicted molar refractivity (Wildman–Crippen MR) is 55.2 cm³/mol. The van der Waals surface area contributed by atoms with Crippen molar-refractivity contribution in [2.75, 3.05) is 0 Å². The molecule has 0 saturated heterocycles. The Morgan fingerprint density at radius 2 is 1.17 bits per heavy atom. The second kappa shape index (κ2) is 13.4. The molecule has 0 bridgehead atoms. The van der Waals surface area contributed by atoms with Crippen LogP contribution in [0.5, 0.6) is 0 Å². The van der Waals surface area contributed by atoms with Crippen molar-refractivity contribution in [3.63, 3.8) is 0 Å². The number of nitrogens with one attached hydrogen (secondary N) is 2. The van der Waals surface area contributed by atoms with E-state index in [0.717, 1.165) is 0 Å². The summed E-state index contributed by atoms with van der Waals surface area (Å²) in [7, 11) is -3.13. The van der Waals surface area contributed by atoms with Crippen LogP contribution < -0.4 is 11.5 Å². The first-order valence-electron chi connectivity index (χ1n) is 2.18. The van der Waals surface area contributed by atoms with Crippen molar-refractivity contribution < 1.29 is 14.4 Å². The zero-order chi connectivity index (χ0) is 10.7. The Labute approximate surface area is 80.9 Å². The number of hydrogen-bond acceptors (Lipinski definition) is 3. The molecular formula is C2H11N4O3PS2. The van der Waals surface area contributed by atoms with E-state index in [0.29, 0.717) is 0 Å². The number of hydrogen-bond donors (Lipinski definition) is 8. The van der Waals surface area contributed by atoms with Gasteiger partial charge in [-0.15, -0.1) is 25.3 Å². The first kappa shape index (κ1) is 17.8. The van der Waals surface area contributed by atoms with Crippen LogP contribution in [0.15, 0.2) is 0 Å². The van der Waals surface area contributed by atoms with E-state index in [1.165, 1.54) is 0 Å². The van der Waals surface area contributed by atoms with E-state index in [2.05, 4.69) is 36.7 Å². The third kappa shape index (κ3) is 17200. The van der Waals surface area contributed by atoms with Crippen molar-refractivity contribution in [2.24, 2.45) is 11.5 Å². The molecule has 0 amide bonds. The van der Waals surface area contributed by atoms with Gasteiger partial charge in [-0.25, -0.2) is 0 Å². The van der Waals surface area contributed by atoms with Gasteiger partial charge in [0.05, 0.1) is 0 Å². The van der Waals surface area contributed by atoms with Crippen molar-refractivity contribution >= 4 is 43.8 Å². The van der Waals surface area contributed by atoms with E-state index in [1.54, 1.807) is 0 Å². The Morgan fingerprint density at radius 1 is 1.17 bits per heavy atom. The maximum atomic E-state index is 8.74. The molecule has 0 aromatic rings. The summed E-state index contributed by atoms with van der Waals surface area (Å²) >= 11 is 6.65. The standard InChI is InChI=1S/2CH4N2S.H3O3P/c2*2-1(3)4;1-4(2)3/h2*(H4,2,3,4);4H,(H2,1,2,3). The second-order valence-corrected chi connectivity index (χ2v) is 2.58. The van der Waals surface area contributed by atoms with Gasteiger partial charge in [0.1, 0.15) is 10.3 Å². The number of thiol groups is 2. The molecule has 0 rings (SSSR count). The normalized spacial score (nSPS) is 7.08. The fraction of sp³-hybridized carbons (Fsp3) is 0. The highest BCUT2D eigenvalue weighted by atomic mass is 32.1. The molecule has 12 heavy (non-hydrogen) atoms. The van der Waals surface area contributed by atoms with Crippen LogP contribution in [-0.4, -0.2) is 20.1 Å². The number of amidine groups is 2. The topological polar surface area (TPSA) is 157 Å². The molecular weight excluding hydrogens is 223 g/mol. The molecule has 0 aliphatic carbocycles. The Hall–Kier alpha value is -0.210. The average Bonchev–Trinajstić information content (AvgIpc) is 1.54. The van der Waals surface area contributed by atoms with Crippen molar-refractivity contribution in [3.05, 3.63) is 0 Å². The van der Waals surface area contributed by atoms with Crippen LogP contribution in [0.4, 0.5) is 0 Å². The summed E-state index contributed by atoms with van der Waals surface area (Å²) in [5, 5.41) is 12.0. The minimum absolute atomic E-state index is 0.139. The van der Waals surface area contributed by atoms with Gasteiger partial charge in [0, 0.05) is 0 Å². The third-order valence-electron chi connectivity index (χ3n) is 0. The molecule has 10 heteroatoms. The van der Waals surface area contributed by atoms with Crippen molar-refractivity contribution in [1.29, 1.82) is 10.8 Å². The van der Waals surface area contributed by atoms with E-state index in [1.807, 2.05) is 0 Å². The minimum atomic E-state index is -3.13. The lowest BCUT2D eigenvalue weighted by molar-refractivity contribution is 0.405. The summed E-state index contributed by atoms with van der Waals surface area (Å²) in [6.45, 7) is 0. The van der Waals surface area contributed by atoms with Crippen LogP contribution >= 0.6 is 33.5 Å². The number of rotatable bonds is 0. The van der Waals surface area contributed by atoms with Crippen LogP contribution in [0.2, 0.25) is 0 Å². The monoisotopic (exact) mass is 234 g/mol. The lowest BCUT2D eigenvalue weighted by Gasteiger charge is -1.65. The largest absolute Gasteiger partial charge is 0.379 e. The van der Waals surface area contributed by atoms with Crippen LogP contribution in [-0.2, 0) is 4.57 Å². The van der Waals surface area contributed by atoms with E-state index < -0.39 is 8.25 Å². The zero-order valence-electron chi connectivity index (χ0n) is 5.85. The molecule has 0 aliphatic rings. The summed E-state index contributed by atoms with van der Waals surface area (Å²) in [5.41, 5.74) is 9.12. The molecule has 0 atom stereocenters. The van der Waals surface area contributed by atoms with Crippen molar-refractivity contribution in [1.82, 2.24) is 0 Å². The van der Waals surface area contributed by atoms with Crippen LogP contribution in [0.3, 0.4) is 0 Å². The molecule has 0 aromatic carbocycles. The van der Waals surface area contributed by atoms with E-state index >= 15 is 0 Å². The fourth-order valence-electron chi connectivity index (χ4n) is 0. The predicted octanol–water partition coefficient (Wildman–Crippen LogP) is -1.02. The van der Waals surface area contributed by atoms with Crippen molar-refractivity contribution in [2.45, 2.75) is 0 Å². The van der Waals surface area contributed by atoms with E-state index in [9.17, 15) is 0 Å². The molecule has 0 unspecified atom stereocenters. The Balaban J connectivity index is -0.000000101. The van der Waals surface area contributed by atoms with Gasteiger partial charge >= 0.3 is 8.25 Å². The Bertz CT molecular complexity index is 124. The lowest BCUT2D eigenvalue weighted by atomic mass is 11.4. The highest BCUT2D eigenvalue weighted by Crippen LogP contribution is 1.98. The molecule has 8 N–H and O–H groups in total. The first-order valence-corrected chi connectivity index (χ1v) is 4.37. The molecule has 74 valence electrons. The molecule has 7 nitrogen and oxygen atoms in total. The first-order chi connectivity index (χ1) is 5.20. The van der Waals surface area contributed by atoms with Crippen LogP contribution in [0.1, 0.15) is 0 Å². The van der Waals surface area contributed by atoms with Gasteiger partial charge in [-0.05, 0) is 0 Å². The number of nitrogens with two attached hydrogens (primary N) is 2. The minimum Gasteiger partial charge on any atom is -0.379 e. The van der Waals surface area contributed by atoms with Gasteiger partial charge < -0.3 is 21.3 Å². The van der Waals surface area contributed by atoms with Crippen LogP contribution in [0.25, 0.3) is 0 Å². The summed E-state index contributed by atoms with van der Waals surface area (Å²) < 4.78 is 8.74. The van der Waals surface area contributed by atoms with Gasteiger partial charge in [0.2, 0.25) is 0 Å². The highest BCUT2D eigenvalue weighted by Gasteiger charge is 1.61. The third-order valence-corrected chi connectivity index (χ3v) is 0. The molecule has 0 radical (unpaired) electrons. The molecule has 0 fully saturated rings. The van der Waals surface area contributed by atoms with Gasteiger partial charge in [0.25, 0.3) is 0 Å². The lowest BCUT2D eigenvalue weighted by Crippen LogP contribution is -1.96. The summed E-state index contributed by atoms with van der Waals surface area (Å²) in [5.74, 6) is 0. The average molecular weight is 234 g/mol. The zero-order valence-corrected chi connectivity index (χ0v) is 8.64. The maximum Gasteiger partial charge on any atom is 0.314 e. The molecule has 0 aliphatic heterocycles. The van der Waals surface area contributed by atoms with Gasteiger partial charge in [-0.1, -0.05) is 0 Å². The summed E-state index contributed by atoms with van der Waals surface area (Å²) in [4.78, 5) is 14.3. The Kier molecular flexibility index (Phi) is 19.8. The SMILES string of the molecule is N=C(N)S.N=C(N)S.O=[PH](O)O. The maximum absolute atomic E-state index is 8.74. The van der Waals surface area contributed by atoms with Gasteiger partial charge in [-0.3, -0.25) is 15.4 Å². The van der Waals surface area contributed by atoms with Gasteiger partial charge in [-0.2, -0.15) is 0 Å². The van der Waals surface area contributed by atoms with Crippen molar-refractivity contribution in [3.8, 4) is 0 Å². The molecule has 0 heterocycles. The fourth-order valence-corrected chi connectivity index (χ4v) is 0. The van der Waals surface area contributed by atoms with E-state index in [-0.39, 0.29) is 10.3 Å². The van der Waals surface area contributed by atoms with Crippen LogP contribution in [0, 0.1) is 10.8 Å². The quantitative estimate of drug-likeness (QED) is 0.116. The molecule has 0 spiro atoms. The molecule has 0 aromatic heterocycles. The smallest absolute Gasteiger partial charge is 0.314 e. The summed E-state index contributed by atoms with van der Waals surface area (Å²) in [6, 6.07) is 0. The second-order valence-electron chi connectivity index (χ2n) is 1.05. The Morgan fingerprint density at radius 3 is 1.17 bits per heavy atom. The summed E-state index contributed by atoms with van der Waals surface area (Å²) in [6.07, 6.45) is 0. The highest BCUT2D eigenvalue weighted by molar-refractivity contribution is 7.96.